The SMILES string of the molecule is c1ccc(-c2cc(-c3ccccc3)c(N3CCN(c4ccccn4)CC3)nn2)cc1. The number of pyridine rings is 1. The second kappa shape index (κ2) is 8.33. The summed E-state index contributed by atoms with van der Waals surface area (Å²) < 4.78 is 0. The number of nitrogens with zero attached hydrogens (tertiary/aromatic N) is 5. The lowest BCUT2D eigenvalue weighted by Gasteiger charge is -2.36. The molecule has 30 heavy (non-hydrogen) atoms. The summed E-state index contributed by atoms with van der Waals surface area (Å²) in [6, 6.07) is 28.9. The maximum atomic E-state index is 4.69. The van der Waals surface area contributed by atoms with Crippen LogP contribution < -0.4 is 9.80 Å². The third kappa shape index (κ3) is 3.74. The molecule has 0 aliphatic carbocycles. The number of aromatic nitrogens is 3. The van der Waals surface area contributed by atoms with Gasteiger partial charge in [0.1, 0.15) is 5.82 Å². The Morgan fingerprint density at radius 3 is 1.90 bits per heavy atom. The van der Waals surface area contributed by atoms with Gasteiger partial charge in [0.25, 0.3) is 0 Å². The summed E-state index contributed by atoms with van der Waals surface area (Å²) >= 11 is 0. The fraction of sp³-hybridized carbons (Fsp3) is 0.160. The number of benzene rings is 2. The average molecular weight is 393 g/mol. The van der Waals surface area contributed by atoms with Gasteiger partial charge < -0.3 is 9.80 Å². The lowest BCUT2D eigenvalue weighted by molar-refractivity contribution is 0.639. The molecule has 1 saturated heterocycles. The molecule has 0 radical (unpaired) electrons. The van der Waals surface area contributed by atoms with E-state index < -0.39 is 0 Å². The quantitative estimate of drug-likeness (QED) is 0.510. The fourth-order valence-electron chi connectivity index (χ4n) is 3.89. The predicted octanol–water partition coefficient (Wildman–Crippen LogP) is 4.53. The Balaban J connectivity index is 1.46. The molecule has 2 aromatic carbocycles. The minimum absolute atomic E-state index is 0.885. The van der Waals surface area contributed by atoms with E-state index in [9.17, 15) is 0 Å². The first-order chi connectivity index (χ1) is 14.9. The summed E-state index contributed by atoms with van der Waals surface area (Å²) in [4.78, 5) is 9.15. The van der Waals surface area contributed by atoms with Crippen LogP contribution in [0.25, 0.3) is 22.4 Å². The van der Waals surface area contributed by atoms with E-state index in [1.165, 1.54) is 0 Å². The van der Waals surface area contributed by atoms with Crippen LogP contribution in [0.4, 0.5) is 11.6 Å². The number of hydrogen-bond donors (Lipinski definition) is 0. The molecule has 1 fully saturated rings. The van der Waals surface area contributed by atoms with E-state index in [2.05, 4.69) is 68.4 Å². The van der Waals surface area contributed by atoms with E-state index >= 15 is 0 Å². The zero-order chi connectivity index (χ0) is 20.2. The molecule has 0 unspecified atom stereocenters. The molecule has 5 nitrogen and oxygen atoms in total. The maximum Gasteiger partial charge on any atom is 0.159 e. The summed E-state index contributed by atoms with van der Waals surface area (Å²) in [5.74, 6) is 1.98. The monoisotopic (exact) mass is 393 g/mol. The molecule has 0 N–H and O–H groups in total. The minimum Gasteiger partial charge on any atom is -0.353 e. The smallest absolute Gasteiger partial charge is 0.159 e. The van der Waals surface area contributed by atoms with Crippen molar-refractivity contribution in [3.63, 3.8) is 0 Å². The molecule has 4 aromatic rings. The Bertz CT molecular complexity index is 1090. The fourth-order valence-corrected chi connectivity index (χ4v) is 3.89. The zero-order valence-corrected chi connectivity index (χ0v) is 16.7. The molecular formula is C25H23N5. The van der Waals surface area contributed by atoms with E-state index in [-0.39, 0.29) is 0 Å². The molecule has 0 atom stereocenters. The molecule has 148 valence electrons. The van der Waals surface area contributed by atoms with Gasteiger partial charge in [0.15, 0.2) is 5.82 Å². The van der Waals surface area contributed by atoms with E-state index in [4.69, 9.17) is 5.10 Å². The van der Waals surface area contributed by atoms with Crippen LogP contribution in [0.1, 0.15) is 0 Å². The second-order valence-electron chi connectivity index (χ2n) is 7.36. The molecule has 5 rings (SSSR count). The molecule has 0 spiro atoms. The molecular weight excluding hydrogens is 370 g/mol. The molecule has 0 bridgehead atoms. The Morgan fingerprint density at radius 2 is 1.23 bits per heavy atom. The van der Waals surface area contributed by atoms with Crippen LogP contribution in [-0.2, 0) is 0 Å². The first kappa shape index (κ1) is 18.3. The van der Waals surface area contributed by atoms with Gasteiger partial charge >= 0.3 is 0 Å². The van der Waals surface area contributed by atoms with Crippen molar-refractivity contribution in [2.75, 3.05) is 36.0 Å². The first-order valence-corrected chi connectivity index (χ1v) is 10.3. The van der Waals surface area contributed by atoms with Crippen molar-refractivity contribution in [3.8, 4) is 22.4 Å². The van der Waals surface area contributed by atoms with Gasteiger partial charge in [0.2, 0.25) is 0 Å². The van der Waals surface area contributed by atoms with Gasteiger partial charge in [-0.2, -0.15) is 0 Å². The third-order valence-corrected chi connectivity index (χ3v) is 5.48. The van der Waals surface area contributed by atoms with Gasteiger partial charge in [-0.05, 0) is 23.8 Å². The van der Waals surface area contributed by atoms with Crippen molar-refractivity contribution < 1.29 is 0 Å². The number of piperazine rings is 1. The van der Waals surface area contributed by atoms with Crippen LogP contribution >= 0.6 is 0 Å². The highest BCUT2D eigenvalue weighted by Gasteiger charge is 2.22. The van der Waals surface area contributed by atoms with Gasteiger partial charge in [-0.3, -0.25) is 0 Å². The van der Waals surface area contributed by atoms with Crippen molar-refractivity contribution in [2.24, 2.45) is 0 Å². The third-order valence-electron chi connectivity index (χ3n) is 5.48. The van der Waals surface area contributed by atoms with Crippen LogP contribution in [0.2, 0.25) is 0 Å². The van der Waals surface area contributed by atoms with Gasteiger partial charge in [0, 0.05) is 43.5 Å². The summed E-state index contributed by atoms with van der Waals surface area (Å²) in [5.41, 5.74) is 4.25. The first-order valence-electron chi connectivity index (χ1n) is 10.3. The van der Waals surface area contributed by atoms with Crippen molar-refractivity contribution in [1.29, 1.82) is 0 Å². The highest BCUT2D eigenvalue weighted by Crippen LogP contribution is 2.32. The number of hydrogen-bond acceptors (Lipinski definition) is 5. The van der Waals surface area contributed by atoms with Crippen molar-refractivity contribution in [1.82, 2.24) is 15.2 Å². The predicted molar refractivity (Wildman–Crippen MR) is 122 cm³/mol. The summed E-state index contributed by atoms with van der Waals surface area (Å²) in [7, 11) is 0. The average Bonchev–Trinajstić information content (AvgIpc) is 2.85. The Morgan fingerprint density at radius 1 is 0.600 bits per heavy atom. The summed E-state index contributed by atoms with van der Waals surface area (Å²) in [6.45, 7) is 3.59. The van der Waals surface area contributed by atoms with Crippen molar-refractivity contribution in [2.45, 2.75) is 0 Å². The highest BCUT2D eigenvalue weighted by molar-refractivity contribution is 5.79. The van der Waals surface area contributed by atoms with E-state index in [0.29, 0.717) is 0 Å². The molecule has 1 aliphatic heterocycles. The standard InChI is InChI=1S/C25H23N5/c1-3-9-20(10-4-1)22-19-23(21-11-5-2-6-12-21)27-28-25(22)30-17-15-29(16-18-30)24-13-7-8-14-26-24/h1-14,19H,15-18H2. The van der Waals surface area contributed by atoms with Crippen LogP contribution in [0.5, 0.6) is 0 Å². The van der Waals surface area contributed by atoms with E-state index in [1.807, 2.05) is 42.6 Å². The molecule has 2 aromatic heterocycles. The van der Waals surface area contributed by atoms with Gasteiger partial charge in [-0.1, -0.05) is 66.7 Å². The Hall–Kier alpha value is -3.73. The summed E-state index contributed by atoms with van der Waals surface area (Å²) in [6.07, 6.45) is 1.85. The normalized spacial score (nSPS) is 14.0. The Labute approximate surface area is 176 Å². The molecule has 0 saturated carbocycles. The highest BCUT2D eigenvalue weighted by atomic mass is 15.3. The second-order valence-corrected chi connectivity index (χ2v) is 7.36. The van der Waals surface area contributed by atoms with Crippen molar-refractivity contribution >= 4 is 11.6 Å². The number of rotatable bonds is 4. The Kier molecular flexibility index (Phi) is 5.08. The van der Waals surface area contributed by atoms with Gasteiger partial charge in [0.05, 0.1) is 5.69 Å². The van der Waals surface area contributed by atoms with Crippen molar-refractivity contribution in [3.05, 3.63) is 91.1 Å². The molecule has 5 heteroatoms. The summed E-state index contributed by atoms with van der Waals surface area (Å²) in [5, 5.41) is 9.26. The van der Waals surface area contributed by atoms with Crippen LogP contribution in [-0.4, -0.2) is 41.4 Å². The number of anilines is 2. The molecule has 0 amide bonds. The molecule has 3 heterocycles. The van der Waals surface area contributed by atoms with E-state index in [1.54, 1.807) is 0 Å². The van der Waals surface area contributed by atoms with Gasteiger partial charge in [-0.25, -0.2) is 4.98 Å². The van der Waals surface area contributed by atoms with Crippen LogP contribution in [0, 0.1) is 0 Å². The zero-order valence-electron chi connectivity index (χ0n) is 16.7. The molecule has 1 aliphatic rings. The lowest BCUT2D eigenvalue weighted by atomic mass is 10.0. The largest absolute Gasteiger partial charge is 0.353 e. The minimum atomic E-state index is 0.885. The topological polar surface area (TPSA) is 45.2 Å². The van der Waals surface area contributed by atoms with E-state index in [0.717, 1.165) is 60.2 Å². The van der Waals surface area contributed by atoms with Gasteiger partial charge in [-0.15, -0.1) is 10.2 Å². The van der Waals surface area contributed by atoms with Crippen LogP contribution in [0.3, 0.4) is 0 Å². The maximum absolute atomic E-state index is 4.69. The van der Waals surface area contributed by atoms with Crippen LogP contribution in [0.15, 0.2) is 91.1 Å². The lowest BCUT2D eigenvalue weighted by Crippen LogP contribution is -2.47.